The largest absolute Gasteiger partial charge is 0.434 e. The Kier molecular flexibility index (Phi) is 4.03. The van der Waals surface area contributed by atoms with Gasteiger partial charge in [-0.25, -0.2) is 5.43 Å². The van der Waals surface area contributed by atoms with Crippen molar-refractivity contribution in [2.45, 2.75) is 12.7 Å². The molecule has 19 heavy (non-hydrogen) atoms. The van der Waals surface area contributed by atoms with Crippen LogP contribution in [0.3, 0.4) is 0 Å². The van der Waals surface area contributed by atoms with Crippen molar-refractivity contribution in [3.05, 3.63) is 41.7 Å². The Bertz CT molecular complexity index is 545. The lowest BCUT2D eigenvalue weighted by atomic mass is 10.0. The van der Waals surface area contributed by atoms with E-state index in [1.54, 1.807) is 25.2 Å². The number of nitrogens with zero attached hydrogens (tertiary/aromatic N) is 3. The third kappa shape index (κ3) is 2.85. The van der Waals surface area contributed by atoms with Crippen molar-refractivity contribution in [2.24, 2.45) is 12.9 Å². The number of hydrogen-bond donors (Lipinski definition) is 2. The maximum Gasteiger partial charge on any atom is 0.387 e. The molecule has 0 aliphatic heterocycles. The Hall–Kier alpha value is -2.06. The number of nitrogens with one attached hydrogen (secondary N) is 1. The number of ether oxygens (including phenoxy) is 1. The Morgan fingerprint density at radius 3 is 2.68 bits per heavy atom. The fraction of sp³-hybridized carbons (Fsp3) is 0.273. The van der Waals surface area contributed by atoms with Crippen LogP contribution in [0.2, 0.25) is 0 Å². The lowest BCUT2D eigenvalue weighted by molar-refractivity contribution is -0.0506. The Morgan fingerprint density at radius 1 is 1.37 bits per heavy atom. The van der Waals surface area contributed by atoms with E-state index in [9.17, 15) is 8.78 Å². The van der Waals surface area contributed by atoms with Crippen LogP contribution < -0.4 is 16.0 Å². The minimum Gasteiger partial charge on any atom is -0.434 e. The summed E-state index contributed by atoms with van der Waals surface area (Å²) in [7, 11) is 1.68. The lowest BCUT2D eigenvalue weighted by Gasteiger charge is -2.19. The SMILES string of the molecule is Cn1nncc1C(NN)c1ccccc1OC(F)F. The average molecular weight is 269 g/mol. The number of para-hydroxylation sites is 1. The fourth-order valence-electron chi connectivity index (χ4n) is 1.82. The summed E-state index contributed by atoms with van der Waals surface area (Å²) in [5, 5.41) is 7.52. The number of halogens is 2. The molecule has 2 rings (SSSR count). The van der Waals surface area contributed by atoms with Gasteiger partial charge >= 0.3 is 6.61 Å². The molecule has 0 fully saturated rings. The molecule has 0 radical (unpaired) electrons. The number of hydrazine groups is 1. The van der Waals surface area contributed by atoms with Crippen LogP contribution in [0.1, 0.15) is 17.3 Å². The molecule has 1 aromatic heterocycles. The van der Waals surface area contributed by atoms with Gasteiger partial charge in [0.15, 0.2) is 0 Å². The number of aromatic nitrogens is 3. The Morgan fingerprint density at radius 2 is 2.11 bits per heavy atom. The van der Waals surface area contributed by atoms with Crippen LogP contribution in [0, 0.1) is 0 Å². The average Bonchev–Trinajstić information content (AvgIpc) is 2.78. The van der Waals surface area contributed by atoms with Crippen LogP contribution in [-0.2, 0) is 7.05 Å². The van der Waals surface area contributed by atoms with Gasteiger partial charge in [0.05, 0.1) is 17.9 Å². The van der Waals surface area contributed by atoms with E-state index >= 15 is 0 Å². The van der Waals surface area contributed by atoms with E-state index in [1.807, 2.05) is 0 Å². The van der Waals surface area contributed by atoms with Gasteiger partial charge in [-0.1, -0.05) is 23.4 Å². The standard InChI is InChI=1S/C11H13F2N5O/c1-18-8(6-15-17-18)10(16-14)7-4-2-3-5-9(7)19-11(12)13/h2-6,10-11,16H,14H2,1H3. The molecule has 0 aliphatic carbocycles. The molecule has 0 aliphatic rings. The Balaban J connectivity index is 2.41. The number of benzene rings is 1. The van der Waals surface area contributed by atoms with Gasteiger partial charge in [0.25, 0.3) is 0 Å². The molecule has 102 valence electrons. The van der Waals surface area contributed by atoms with E-state index in [4.69, 9.17) is 5.84 Å². The van der Waals surface area contributed by atoms with Crippen LogP contribution in [0.4, 0.5) is 8.78 Å². The molecular formula is C11H13F2N5O. The summed E-state index contributed by atoms with van der Waals surface area (Å²) in [6.07, 6.45) is 1.50. The second-order valence-electron chi connectivity index (χ2n) is 3.80. The first-order chi connectivity index (χ1) is 9.13. The van der Waals surface area contributed by atoms with Crippen LogP contribution in [0.15, 0.2) is 30.5 Å². The van der Waals surface area contributed by atoms with E-state index in [-0.39, 0.29) is 5.75 Å². The normalized spacial score (nSPS) is 12.7. The maximum atomic E-state index is 12.4. The third-order valence-electron chi connectivity index (χ3n) is 2.66. The van der Waals surface area contributed by atoms with Crippen molar-refractivity contribution in [3.63, 3.8) is 0 Å². The van der Waals surface area contributed by atoms with E-state index < -0.39 is 12.7 Å². The summed E-state index contributed by atoms with van der Waals surface area (Å²) in [6, 6.07) is 5.87. The van der Waals surface area contributed by atoms with Gasteiger partial charge in [0.1, 0.15) is 5.75 Å². The highest BCUT2D eigenvalue weighted by Gasteiger charge is 2.21. The molecule has 1 heterocycles. The second-order valence-corrected chi connectivity index (χ2v) is 3.80. The van der Waals surface area contributed by atoms with Gasteiger partial charge in [-0.2, -0.15) is 8.78 Å². The molecular weight excluding hydrogens is 256 g/mol. The number of aryl methyl sites for hydroxylation is 1. The summed E-state index contributed by atoms with van der Waals surface area (Å²) in [4.78, 5) is 0. The molecule has 0 spiro atoms. The van der Waals surface area contributed by atoms with Gasteiger partial charge < -0.3 is 4.74 Å². The van der Waals surface area contributed by atoms with Gasteiger partial charge in [0.2, 0.25) is 0 Å². The van der Waals surface area contributed by atoms with Gasteiger partial charge in [-0.3, -0.25) is 10.5 Å². The predicted molar refractivity (Wildman–Crippen MR) is 63.2 cm³/mol. The van der Waals surface area contributed by atoms with Crippen molar-refractivity contribution in [1.29, 1.82) is 0 Å². The first-order valence-electron chi connectivity index (χ1n) is 5.48. The molecule has 6 nitrogen and oxygen atoms in total. The first-order valence-corrected chi connectivity index (χ1v) is 5.48. The minimum atomic E-state index is -2.90. The highest BCUT2D eigenvalue weighted by atomic mass is 19.3. The zero-order valence-electron chi connectivity index (χ0n) is 10.1. The molecule has 1 aromatic carbocycles. The fourth-order valence-corrected chi connectivity index (χ4v) is 1.82. The molecule has 1 atom stereocenters. The molecule has 3 N–H and O–H groups in total. The van der Waals surface area contributed by atoms with Crippen LogP contribution in [0.5, 0.6) is 5.75 Å². The molecule has 0 amide bonds. The van der Waals surface area contributed by atoms with Crippen molar-refractivity contribution in [2.75, 3.05) is 0 Å². The van der Waals surface area contributed by atoms with E-state index in [2.05, 4.69) is 20.5 Å². The zero-order chi connectivity index (χ0) is 13.8. The molecule has 1 unspecified atom stereocenters. The minimum absolute atomic E-state index is 0.0571. The number of rotatable bonds is 5. The third-order valence-corrected chi connectivity index (χ3v) is 2.66. The summed E-state index contributed by atoms with van der Waals surface area (Å²) < 4.78 is 30.8. The maximum absolute atomic E-state index is 12.4. The summed E-state index contributed by atoms with van der Waals surface area (Å²) in [6.45, 7) is -2.90. The Labute approximate surface area is 108 Å². The molecule has 0 bridgehead atoms. The predicted octanol–water partition coefficient (Wildman–Crippen LogP) is 0.969. The second kappa shape index (κ2) is 5.72. The molecule has 2 aromatic rings. The van der Waals surface area contributed by atoms with E-state index in [0.29, 0.717) is 11.3 Å². The monoisotopic (exact) mass is 269 g/mol. The molecule has 8 heteroatoms. The van der Waals surface area contributed by atoms with Crippen molar-refractivity contribution in [1.82, 2.24) is 20.4 Å². The smallest absolute Gasteiger partial charge is 0.387 e. The van der Waals surface area contributed by atoms with Crippen molar-refractivity contribution >= 4 is 0 Å². The highest BCUT2D eigenvalue weighted by Crippen LogP contribution is 2.29. The topological polar surface area (TPSA) is 78.0 Å². The van der Waals surface area contributed by atoms with Crippen LogP contribution in [-0.4, -0.2) is 21.6 Å². The van der Waals surface area contributed by atoms with Crippen molar-refractivity contribution < 1.29 is 13.5 Å². The quantitative estimate of drug-likeness (QED) is 0.624. The van der Waals surface area contributed by atoms with Crippen LogP contribution in [0.25, 0.3) is 0 Å². The summed E-state index contributed by atoms with van der Waals surface area (Å²) in [5.74, 6) is 5.56. The van der Waals surface area contributed by atoms with Gasteiger partial charge in [-0.05, 0) is 6.07 Å². The van der Waals surface area contributed by atoms with Crippen molar-refractivity contribution in [3.8, 4) is 5.75 Å². The highest BCUT2D eigenvalue weighted by molar-refractivity contribution is 5.39. The molecule has 0 saturated heterocycles. The lowest BCUT2D eigenvalue weighted by Crippen LogP contribution is -2.30. The number of alkyl halides is 2. The summed E-state index contributed by atoms with van der Waals surface area (Å²) >= 11 is 0. The van der Waals surface area contributed by atoms with E-state index in [0.717, 1.165) is 0 Å². The van der Waals surface area contributed by atoms with Crippen LogP contribution >= 0.6 is 0 Å². The zero-order valence-corrected chi connectivity index (χ0v) is 10.1. The van der Waals surface area contributed by atoms with Gasteiger partial charge in [-0.15, -0.1) is 5.10 Å². The number of hydrogen-bond acceptors (Lipinski definition) is 5. The summed E-state index contributed by atoms with van der Waals surface area (Å²) in [5.41, 5.74) is 3.66. The van der Waals surface area contributed by atoms with E-state index in [1.165, 1.54) is 16.9 Å². The first kappa shape index (κ1) is 13.4. The molecule has 0 saturated carbocycles. The van der Waals surface area contributed by atoms with Gasteiger partial charge in [0, 0.05) is 12.6 Å². The number of nitrogens with two attached hydrogens (primary N) is 1.